The molecule has 1 saturated carbocycles. The minimum Gasteiger partial charge on any atom is -0.360 e. The van der Waals surface area contributed by atoms with E-state index >= 15 is 0 Å². The number of hydrogen-bond acceptors (Lipinski definition) is 2. The minimum absolute atomic E-state index is 0.0254. The Hall–Kier alpha value is -1.77. The third-order valence-electron chi connectivity index (χ3n) is 3.78. The van der Waals surface area contributed by atoms with Crippen LogP contribution in [-0.2, 0) is 0 Å². The van der Waals surface area contributed by atoms with Crippen LogP contribution >= 0.6 is 0 Å². The topological polar surface area (TPSA) is 41.1 Å². The van der Waals surface area contributed by atoms with E-state index in [0.717, 1.165) is 17.9 Å². The van der Waals surface area contributed by atoms with Crippen molar-refractivity contribution in [2.24, 2.45) is 5.92 Å². The lowest BCUT2D eigenvalue weighted by molar-refractivity contribution is 0.0943. The Morgan fingerprint density at radius 3 is 2.45 bits per heavy atom. The third-order valence-corrected chi connectivity index (χ3v) is 3.78. The Balaban J connectivity index is 1.83. The van der Waals surface area contributed by atoms with Crippen molar-refractivity contribution in [3.8, 4) is 0 Å². The summed E-state index contributed by atoms with van der Waals surface area (Å²) < 4.78 is 0. The maximum Gasteiger partial charge on any atom is 0.251 e. The number of rotatable bonds is 5. The molecule has 1 amide bonds. The lowest BCUT2D eigenvalue weighted by Crippen LogP contribution is -2.30. The van der Waals surface area contributed by atoms with Gasteiger partial charge in [0.25, 0.3) is 5.91 Å². The van der Waals surface area contributed by atoms with Gasteiger partial charge in [0.15, 0.2) is 0 Å². The zero-order valence-corrected chi connectivity index (χ0v) is 12.2. The molecule has 2 N–H and O–H groups in total. The zero-order chi connectivity index (χ0) is 14.4. The Labute approximate surface area is 121 Å². The lowest BCUT2D eigenvalue weighted by atomic mass is 9.89. The molecule has 3 nitrogen and oxygen atoms in total. The van der Waals surface area contributed by atoms with Crippen LogP contribution in [0.4, 0.5) is 5.69 Å². The molecule has 0 atom stereocenters. The van der Waals surface area contributed by atoms with Gasteiger partial charge in [-0.15, -0.1) is 0 Å². The second kappa shape index (κ2) is 7.13. The first-order valence-corrected chi connectivity index (χ1v) is 7.46. The van der Waals surface area contributed by atoms with Crippen LogP contribution in [0.15, 0.2) is 36.5 Å². The smallest absolute Gasteiger partial charge is 0.251 e. The number of carbonyl (C=O) groups is 1. The summed E-state index contributed by atoms with van der Waals surface area (Å²) >= 11 is 0. The van der Waals surface area contributed by atoms with E-state index < -0.39 is 0 Å². The lowest BCUT2D eigenvalue weighted by Gasteiger charge is -2.21. The third kappa shape index (κ3) is 4.41. The van der Waals surface area contributed by atoms with Crippen LogP contribution < -0.4 is 10.6 Å². The predicted molar refractivity (Wildman–Crippen MR) is 83.8 cm³/mol. The van der Waals surface area contributed by atoms with Gasteiger partial charge in [-0.3, -0.25) is 4.79 Å². The summed E-state index contributed by atoms with van der Waals surface area (Å²) in [6.45, 7) is 6.52. The SMILES string of the molecule is C=C(C)Nc1ccc(C(=O)NCC2CCCCC2)cc1. The number of carbonyl (C=O) groups excluding carboxylic acids is 1. The predicted octanol–water partition coefficient (Wildman–Crippen LogP) is 3.94. The molecule has 20 heavy (non-hydrogen) atoms. The first kappa shape index (κ1) is 14.6. The number of nitrogens with one attached hydrogen (secondary N) is 2. The first-order valence-electron chi connectivity index (χ1n) is 7.46. The second-order valence-corrected chi connectivity index (χ2v) is 5.70. The number of hydrogen-bond donors (Lipinski definition) is 2. The summed E-state index contributed by atoms with van der Waals surface area (Å²) in [4.78, 5) is 12.1. The fourth-order valence-corrected chi connectivity index (χ4v) is 2.68. The molecule has 0 aliphatic heterocycles. The molecule has 1 aliphatic rings. The van der Waals surface area contributed by atoms with E-state index in [1.165, 1.54) is 32.1 Å². The molecule has 0 bridgehead atoms. The highest BCUT2D eigenvalue weighted by atomic mass is 16.1. The van der Waals surface area contributed by atoms with Gasteiger partial charge in [0.05, 0.1) is 0 Å². The van der Waals surface area contributed by atoms with Gasteiger partial charge in [-0.1, -0.05) is 25.8 Å². The molecule has 108 valence electrons. The molecule has 0 heterocycles. The normalized spacial score (nSPS) is 15.7. The molecular weight excluding hydrogens is 248 g/mol. The molecular formula is C17H24N2O. The molecule has 0 radical (unpaired) electrons. The molecule has 1 aromatic carbocycles. The van der Waals surface area contributed by atoms with Crippen LogP contribution in [0.2, 0.25) is 0 Å². The standard InChI is InChI=1S/C17H24N2O/c1-13(2)19-16-10-8-15(9-11-16)17(20)18-12-14-6-4-3-5-7-14/h8-11,14,19H,1,3-7,12H2,2H3,(H,18,20). The van der Waals surface area contributed by atoms with Crippen LogP contribution in [0.1, 0.15) is 49.4 Å². The Morgan fingerprint density at radius 2 is 1.85 bits per heavy atom. The number of allylic oxidation sites excluding steroid dienone is 1. The number of benzene rings is 1. The molecule has 1 aromatic rings. The fraction of sp³-hybridized carbons (Fsp3) is 0.471. The van der Waals surface area contributed by atoms with Crippen molar-refractivity contribution >= 4 is 11.6 Å². The summed E-state index contributed by atoms with van der Waals surface area (Å²) in [6.07, 6.45) is 6.47. The monoisotopic (exact) mass is 272 g/mol. The van der Waals surface area contributed by atoms with E-state index in [9.17, 15) is 4.79 Å². The van der Waals surface area contributed by atoms with E-state index in [0.29, 0.717) is 11.5 Å². The molecule has 2 rings (SSSR count). The first-order chi connectivity index (χ1) is 9.65. The van der Waals surface area contributed by atoms with E-state index in [1.807, 2.05) is 31.2 Å². The van der Waals surface area contributed by atoms with Crippen molar-refractivity contribution in [2.45, 2.75) is 39.0 Å². The van der Waals surface area contributed by atoms with Gasteiger partial charge in [-0.2, -0.15) is 0 Å². The summed E-state index contributed by atoms with van der Waals surface area (Å²) in [6, 6.07) is 7.51. The molecule has 0 aromatic heterocycles. The quantitative estimate of drug-likeness (QED) is 0.852. The average Bonchev–Trinajstić information content (AvgIpc) is 2.46. The van der Waals surface area contributed by atoms with Gasteiger partial charge in [0, 0.05) is 23.5 Å². The number of anilines is 1. The highest BCUT2D eigenvalue weighted by Crippen LogP contribution is 2.22. The Morgan fingerprint density at radius 1 is 1.20 bits per heavy atom. The van der Waals surface area contributed by atoms with Gasteiger partial charge >= 0.3 is 0 Å². The van der Waals surface area contributed by atoms with Crippen LogP contribution in [0, 0.1) is 5.92 Å². The van der Waals surface area contributed by atoms with Crippen LogP contribution in [0.25, 0.3) is 0 Å². The maximum absolute atomic E-state index is 12.1. The van der Waals surface area contributed by atoms with Gasteiger partial charge in [0.1, 0.15) is 0 Å². The minimum atomic E-state index is 0.0254. The average molecular weight is 272 g/mol. The largest absolute Gasteiger partial charge is 0.360 e. The van der Waals surface area contributed by atoms with E-state index in [1.54, 1.807) is 0 Å². The summed E-state index contributed by atoms with van der Waals surface area (Å²) in [7, 11) is 0. The molecule has 0 spiro atoms. The zero-order valence-electron chi connectivity index (χ0n) is 12.2. The Bertz CT molecular complexity index is 458. The van der Waals surface area contributed by atoms with E-state index in [-0.39, 0.29) is 5.91 Å². The molecule has 1 aliphatic carbocycles. The fourth-order valence-electron chi connectivity index (χ4n) is 2.68. The highest BCUT2D eigenvalue weighted by Gasteiger charge is 2.14. The summed E-state index contributed by atoms with van der Waals surface area (Å²) in [5.74, 6) is 0.689. The molecule has 0 unspecified atom stereocenters. The van der Waals surface area contributed by atoms with Gasteiger partial charge in [-0.05, 0) is 49.9 Å². The number of amides is 1. The highest BCUT2D eigenvalue weighted by molar-refractivity contribution is 5.94. The van der Waals surface area contributed by atoms with E-state index in [2.05, 4.69) is 17.2 Å². The summed E-state index contributed by atoms with van der Waals surface area (Å²) in [5, 5.41) is 6.18. The van der Waals surface area contributed by atoms with Gasteiger partial charge in [0.2, 0.25) is 0 Å². The van der Waals surface area contributed by atoms with Crippen LogP contribution in [0.3, 0.4) is 0 Å². The second-order valence-electron chi connectivity index (χ2n) is 5.70. The van der Waals surface area contributed by atoms with Crippen molar-refractivity contribution in [1.29, 1.82) is 0 Å². The molecule has 1 fully saturated rings. The maximum atomic E-state index is 12.1. The van der Waals surface area contributed by atoms with Crippen LogP contribution in [-0.4, -0.2) is 12.5 Å². The molecule has 3 heteroatoms. The van der Waals surface area contributed by atoms with Crippen molar-refractivity contribution in [3.05, 3.63) is 42.1 Å². The van der Waals surface area contributed by atoms with Crippen molar-refractivity contribution in [3.63, 3.8) is 0 Å². The Kier molecular flexibility index (Phi) is 5.22. The molecule has 0 saturated heterocycles. The van der Waals surface area contributed by atoms with Crippen molar-refractivity contribution in [1.82, 2.24) is 5.32 Å². The summed E-state index contributed by atoms with van der Waals surface area (Å²) in [5.41, 5.74) is 2.56. The van der Waals surface area contributed by atoms with Gasteiger partial charge < -0.3 is 10.6 Å². The van der Waals surface area contributed by atoms with Crippen molar-refractivity contribution in [2.75, 3.05) is 11.9 Å². The van der Waals surface area contributed by atoms with Crippen LogP contribution in [0.5, 0.6) is 0 Å². The van der Waals surface area contributed by atoms with Crippen molar-refractivity contribution < 1.29 is 4.79 Å². The van der Waals surface area contributed by atoms with Gasteiger partial charge in [-0.25, -0.2) is 0 Å². The van der Waals surface area contributed by atoms with E-state index in [4.69, 9.17) is 0 Å².